The molecule has 0 spiro atoms. The minimum atomic E-state index is -0.897. The molecule has 1 aliphatic heterocycles. The van der Waals surface area contributed by atoms with Gasteiger partial charge in [-0.2, -0.15) is 4.98 Å². The van der Waals surface area contributed by atoms with Gasteiger partial charge in [0.25, 0.3) is 0 Å². The smallest absolute Gasteiger partial charge is 0.355 e. The molecule has 1 aliphatic rings. The summed E-state index contributed by atoms with van der Waals surface area (Å²) in [6.07, 6.45) is 2.89. The van der Waals surface area contributed by atoms with Crippen LogP contribution in [0.1, 0.15) is 37.9 Å². The van der Waals surface area contributed by atoms with E-state index in [1.807, 2.05) is 32.6 Å². The highest BCUT2D eigenvalue weighted by Crippen LogP contribution is 2.36. The maximum atomic E-state index is 15.8. The number of pyridine rings is 2. The number of amides is 1. The van der Waals surface area contributed by atoms with Crippen molar-refractivity contribution >= 4 is 22.8 Å². The zero-order chi connectivity index (χ0) is 29.6. The second-order valence-corrected chi connectivity index (χ2v) is 10.4. The summed E-state index contributed by atoms with van der Waals surface area (Å²) in [4.78, 5) is 43.0. The van der Waals surface area contributed by atoms with E-state index >= 15 is 4.39 Å². The number of benzene rings is 1. The minimum Gasteiger partial charge on any atom is -0.507 e. The van der Waals surface area contributed by atoms with E-state index in [0.717, 1.165) is 12.1 Å². The van der Waals surface area contributed by atoms with Crippen LogP contribution in [0.15, 0.2) is 54.0 Å². The molecule has 0 bridgehead atoms. The number of phenolic OH excluding ortho intramolecular Hbond substituents is 1. The number of aromatic hydroxyl groups is 1. The molecule has 1 aromatic carbocycles. The van der Waals surface area contributed by atoms with E-state index in [-0.39, 0.29) is 34.7 Å². The highest BCUT2D eigenvalue weighted by atomic mass is 19.1. The summed E-state index contributed by atoms with van der Waals surface area (Å²) in [7, 11) is 0. The van der Waals surface area contributed by atoms with Crippen LogP contribution in [0.3, 0.4) is 0 Å². The standard InChI is InChI=1S/C30H30F2N6O3/c1-6-23(40)36-12-13-37(18(5)15-36)28-19-14-21(32)26(24-20(31)8-7-9-22(24)39)34-29(19)38(30(41)35-28)27-17(4)10-11-33-25(27)16(2)3/h6-11,14,16,18,39H,1,12-13,15H2,2-5H3/t18-/m1/s1. The number of rotatable bonds is 5. The Labute approximate surface area is 235 Å². The lowest BCUT2D eigenvalue weighted by Crippen LogP contribution is -2.54. The Bertz CT molecular complexity index is 1730. The van der Waals surface area contributed by atoms with E-state index < -0.39 is 34.3 Å². The van der Waals surface area contributed by atoms with Crippen molar-refractivity contribution in [2.24, 2.45) is 0 Å². The summed E-state index contributed by atoms with van der Waals surface area (Å²) in [5.41, 5.74) is 0.275. The average molecular weight is 561 g/mol. The highest BCUT2D eigenvalue weighted by Gasteiger charge is 2.31. The van der Waals surface area contributed by atoms with E-state index in [1.165, 1.54) is 22.8 Å². The first kappa shape index (κ1) is 27.9. The van der Waals surface area contributed by atoms with Crippen LogP contribution < -0.4 is 10.6 Å². The van der Waals surface area contributed by atoms with Gasteiger partial charge in [-0.25, -0.2) is 23.1 Å². The monoisotopic (exact) mass is 560 g/mol. The number of piperazine rings is 1. The van der Waals surface area contributed by atoms with Gasteiger partial charge in [-0.05, 0) is 55.7 Å². The van der Waals surface area contributed by atoms with E-state index in [0.29, 0.717) is 36.6 Å². The lowest BCUT2D eigenvalue weighted by Gasteiger charge is -2.40. The molecule has 3 aromatic heterocycles. The normalized spacial score (nSPS) is 15.5. The van der Waals surface area contributed by atoms with Gasteiger partial charge in [-0.1, -0.05) is 26.5 Å². The lowest BCUT2D eigenvalue weighted by molar-refractivity contribution is -0.126. The van der Waals surface area contributed by atoms with Crippen molar-refractivity contribution in [2.45, 2.75) is 39.7 Å². The molecule has 5 rings (SSSR count). The number of aromatic nitrogens is 4. The second kappa shape index (κ2) is 10.7. The number of aryl methyl sites for hydroxylation is 1. The average Bonchev–Trinajstić information content (AvgIpc) is 2.93. The molecule has 4 heterocycles. The molecule has 41 heavy (non-hydrogen) atoms. The molecule has 11 heteroatoms. The van der Waals surface area contributed by atoms with Crippen LogP contribution in [-0.2, 0) is 4.79 Å². The number of hydrogen-bond donors (Lipinski definition) is 1. The Balaban J connectivity index is 1.83. The number of fused-ring (bicyclic) bond motifs is 1. The SMILES string of the molecule is C=CC(=O)N1CCN(c2nc(=O)n(-c3c(C)ccnc3C(C)C)c3nc(-c4c(O)cccc4F)c(F)cc23)[C@H](C)C1. The van der Waals surface area contributed by atoms with Crippen LogP contribution >= 0.6 is 0 Å². The first-order valence-corrected chi connectivity index (χ1v) is 13.3. The van der Waals surface area contributed by atoms with Crippen LogP contribution in [0.25, 0.3) is 28.0 Å². The predicted octanol–water partition coefficient (Wildman–Crippen LogP) is 4.48. The van der Waals surface area contributed by atoms with Crippen molar-refractivity contribution in [2.75, 3.05) is 24.5 Å². The number of phenols is 1. The number of carbonyl (C=O) groups is 1. The van der Waals surface area contributed by atoms with Crippen molar-refractivity contribution < 1.29 is 18.7 Å². The number of nitrogens with zero attached hydrogens (tertiary/aromatic N) is 6. The van der Waals surface area contributed by atoms with Crippen LogP contribution in [-0.4, -0.2) is 61.1 Å². The fourth-order valence-electron chi connectivity index (χ4n) is 5.33. The molecule has 0 aliphatic carbocycles. The highest BCUT2D eigenvalue weighted by molar-refractivity contribution is 5.91. The molecular weight excluding hydrogens is 530 g/mol. The summed E-state index contributed by atoms with van der Waals surface area (Å²) < 4.78 is 32.0. The summed E-state index contributed by atoms with van der Waals surface area (Å²) in [5.74, 6) is -2.35. The van der Waals surface area contributed by atoms with E-state index in [1.54, 1.807) is 17.2 Å². The zero-order valence-electron chi connectivity index (χ0n) is 23.2. The fourth-order valence-corrected chi connectivity index (χ4v) is 5.33. The van der Waals surface area contributed by atoms with Crippen molar-refractivity contribution in [3.63, 3.8) is 0 Å². The maximum absolute atomic E-state index is 15.8. The zero-order valence-corrected chi connectivity index (χ0v) is 23.2. The van der Waals surface area contributed by atoms with Gasteiger partial charge < -0.3 is 14.9 Å². The molecule has 0 unspecified atom stereocenters. The number of halogens is 2. The lowest BCUT2D eigenvalue weighted by atomic mass is 10.0. The van der Waals surface area contributed by atoms with Crippen LogP contribution in [0.5, 0.6) is 5.75 Å². The molecule has 212 valence electrons. The summed E-state index contributed by atoms with van der Waals surface area (Å²) in [6, 6.07) is 6.27. The molecule has 1 N–H and O–H groups in total. The summed E-state index contributed by atoms with van der Waals surface area (Å²) in [6.45, 7) is 12.1. The molecule has 1 fully saturated rings. The minimum absolute atomic E-state index is 0.0360. The van der Waals surface area contributed by atoms with E-state index in [9.17, 15) is 19.1 Å². The fraction of sp³-hybridized carbons (Fsp3) is 0.300. The molecular formula is C30H30F2N6O3. The van der Waals surface area contributed by atoms with Crippen LogP contribution in [0.4, 0.5) is 14.6 Å². The third-order valence-electron chi connectivity index (χ3n) is 7.34. The van der Waals surface area contributed by atoms with E-state index in [4.69, 9.17) is 0 Å². The van der Waals surface area contributed by atoms with Gasteiger partial charge in [0.2, 0.25) is 5.91 Å². The number of anilines is 1. The predicted molar refractivity (Wildman–Crippen MR) is 152 cm³/mol. The first-order chi connectivity index (χ1) is 19.5. The Morgan fingerprint density at radius 2 is 1.93 bits per heavy atom. The Morgan fingerprint density at radius 1 is 1.17 bits per heavy atom. The van der Waals surface area contributed by atoms with Gasteiger partial charge in [0, 0.05) is 31.9 Å². The van der Waals surface area contributed by atoms with Gasteiger partial charge >= 0.3 is 5.69 Å². The number of hydrogen-bond acceptors (Lipinski definition) is 7. The Hall–Kier alpha value is -4.67. The van der Waals surface area contributed by atoms with Gasteiger partial charge in [0.1, 0.15) is 23.1 Å². The molecule has 4 aromatic rings. The molecule has 9 nitrogen and oxygen atoms in total. The summed E-state index contributed by atoms with van der Waals surface area (Å²) in [5, 5.41) is 10.7. The van der Waals surface area contributed by atoms with Crippen LogP contribution in [0, 0.1) is 18.6 Å². The van der Waals surface area contributed by atoms with Crippen molar-refractivity contribution in [3.8, 4) is 22.7 Å². The van der Waals surface area contributed by atoms with Crippen LogP contribution in [0.2, 0.25) is 0 Å². The van der Waals surface area contributed by atoms with E-state index in [2.05, 4.69) is 21.5 Å². The van der Waals surface area contributed by atoms with Crippen molar-refractivity contribution in [1.29, 1.82) is 0 Å². The largest absolute Gasteiger partial charge is 0.507 e. The maximum Gasteiger partial charge on any atom is 0.355 e. The molecule has 1 saturated heterocycles. The Morgan fingerprint density at radius 3 is 2.59 bits per heavy atom. The topological polar surface area (TPSA) is 104 Å². The van der Waals surface area contributed by atoms with Gasteiger partial charge in [-0.15, -0.1) is 0 Å². The third kappa shape index (κ3) is 4.81. The van der Waals surface area contributed by atoms with Gasteiger partial charge in [0.05, 0.1) is 22.3 Å². The Kier molecular flexibility index (Phi) is 7.29. The molecule has 1 amide bonds. The van der Waals surface area contributed by atoms with Crippen molar-refractivity contribution in [3.05, 3.63) is 82.6 Å². The molecule has 0 saturated carbocycles. The van der Waals surface area contributed by atoms with Gasteiger partial charge in [-0.3, -0.25) is 9.78 Å². The molecule has 1 atom stereocenters. The third-order valence-corrected chi connectivity index (χ3v) is 7.34. The van der Waals surface area contributed by atoms with Gasteiger partial charge in [0.15, 0.2) is 11.5 Å². The summed E-state index contributed by atoms with van der Waals surface area (Å²) >= 11 is 0. The van der Waals surface area contributed by atoms with Crippen molar-refractivity contribution in [1.82, 2.24) is 24.4 Å². The quantitative estimate of drug-likeness (QED) is 0.359. The number of carbonyl (C=O) groups excluding carboxylic acids is 1. The molecule has 0 radical (unpaired) electrons. The second-order valence-electron chi connectivity index (χ2n) is 10.4. The first-order valence-electron chi connectivity index (χ1n) is 13.3.